The molecule has 2 amide bonds. The molecule has 18 heavy (non-hydrogen) atoms. The molecular formula is C13H22N2O3. The number of amides is 2. The first-order valence-electron chi connectivity index (χ1n) is 6.22. The Hall–Kier alpha value is -1.52. The fraction of sp³-hybridized carbons (Fsp3) is 0.692. The van der Waals surface area contributed by atoms with Gasteiger partial charge in [0.25, 0.3) is 0 Å². The maximum Gasteiger partial charge on any atom is 0.410 e. The minimum atomic E-state index is -0.492. The lowest BCUT2D eigenvalue weighted by Gasteiger charge is -2.34. The Balaban J connectivity index is 2.50. The highest BCUT2D eigenvalue weighted by Gasteiger charge is 2.27. The molecule has 1 fully saturated rings. The van der Waals surface area contributed by atoms with Crippen LogP contribution < -0.4 is 5.32 Å². The molecule has 0 saturated carbocycles. The van der Waals surface area contributed by atoms with Gasteiger partial charge < -0.3 is 15.0 Å². The number of hydrogen-bond acceptors (Lipinski definition) is 3. The molecule has 1 rings (SSSR count). The van der Waals surface area contributed by atoms with E-state index in [0.717, 1.165) is 12.8 Å². The lowest BCUT2D eigenvalue weighted by molar-refractivity contribution is -0.117. The Morgan fingerprint density at radius 2 is 2.11 bits per heavy atom. The predicted molar refractivity (Wildman–Crippen MR) is 69.2 cm³/mol. The van der Waals surface area contributed by atoms with Gasteiger partial charge >= 0.3 is 6.09 Å². The van der Waals surface area contributed by atoms with Crippen molar-refractivity contribution in [1.82, 2.24) is 10.2 Å². The number of likely N-dealkylation sites (tertiary alicyclic amines) is 1. The zero-order valence-corrected chi connectivity index (χ0v) is 11.4. The van der Waals surface area contributed by atoms with Crippen LogP contribution >= 0.6 is 0 Å². The molecule has 1 aliphatic heterocycles. The number of carbonyl (C=O) groups is 2. The van der Waals surface area contributed by atoms with Crippen LogP contribution in [0.25, 0.3) is 0 Å². The van der Waals surface area contributed by atoms with Crippen molar-refractivity contribution >= 4 is 12.0 Å². The molecule has 0 aromatic rings. The van der Waals surface area contributed by atoms with Crippen LogP contribution in [0.15, 0.2) is 12.7 Å². The molecular weight excluding hydrogens is 232 g/mol. The van der Waals surface area contributed by atoms with Crippen LogP contribution in [-0.4, -0.2) is 41.6 Å². The van der Waals surface area contributed by atoms with Crippen LogP contribution in [0.5, 0.6) is 0 Å². The summed E-state index contributed by atoms with van der Waals surface area (Å²) in [6.07, 6.45) is 2.66. The Bertz CT molecular complexity index is 334. The van der Waals surface area contributed by atoms with Gasteiger partial charge in [-0.1, -0.05) is 6.58 Å². The van der Waals surface area contributed by atoms with Gasteiger partial charge in [0.1, 0.15) is 5.60 Å². The molecule has 0 aliphatic carbocycles. The van der Waals surface area contributed by atoms with Crippen molar-refractivity contribution < 1.29 is 14.3 Å². The summed E-state index contributed by atoms with van der Waals surface area (Å²) in [7, 11) is 0. The lowest BCUT2D eigenvalue weighted by Crippen LogP contribution is -2.50. The summed E-state index contributed by atoms with van der Waals surface area (Å²) in [5, 5.41) is 2.81. The van der Waals surface area contributed by atoms with E-state index in [2.05, 4.69) is 11.9 Å². The summed E-state index contributed by atoms with van der Waals surface area (Å²) >= 11 is 0. The summed E-state index contributed by atoms with van der Waals surface area (Å²) in [6.45, 7) is 10.1. The summed E-state index contributed by atoms with van der Waals surface area (Å²) in [5.41, 5.74) is -0.492. The van der Waals surface area contributed by atoms with Gasteiger partial charge in [-0.25, -0.2) is 4.79 Å². The molecule has 0 aromatic carbocycles. The van der Waals surface area contributed by atoms with Crippen molar-refractivity contribution in [3.63, 3.8) is 0 Å². The van der Waals surface area contributed by atoms with Gasteiger partial charge in [0.05, 0.1) is 0 Å². The van der Waals surface area contributed by atoms with E-state index in [-0.39, 0.29) is 18.0 Å². The smallest absolute Gasteiger partial charge is 0.410 e. The highest BCUT2D eigenvalue weighted by molar-refractivity contribution is 5.87. The number of rotatable bonds is 2. The van der Waals surface area contributed by atoms with Crippen LogP contribution in [-0.2, 0) is 9.53 Å². The van der Waals surface area contributed by atoms with Gasteiger partial charge in [-0.15, -0.1) is 0 Å². The number of nitrogens with zero attached hydrogens (tertiary/aromatic N) is 1. The maximum absolute atomic E-state index is 11.9. The average molecular weight is 254 g/mol. The molecule has 1 atom stereocenters. The molecule has 0 spiro atoms. The van der Waals surface area contributed by atoms with E-state index in [1.807, 2.05) is 20.8 Å². The molecule has 5 nitrogen and oxygen atoms in total. The number of hydrogen-bond donors (Lipinski definition) is 1. The molecule has 0 bridgehead atoms. The fourth-order valence-corrected chi connectivity index (χ4v) is 1.85. The summed E-state index contributed by atoms with van der Waals surface area (Å²) < 4.78 is 5.31. The van der Waals surface area contributed by atoms with Gasteiger partial charge in [-0.05, 0) is 39.7 Å². The summed E-state index contributed by atoms with van der Waals surface area (Å²) in [6, 6.07) is -0.0169. The maximum atomic E-state index is 11.9. The van der Waals surface area contributed by atoms with E-state index < -0.39 is 5.60 Å². The molecule has 0 aromatic heterocycles. The third-order valence-electron chi connectivity index (χ3n) is 2.60. The van der Waals surface area contributed by atoms with Crippen LogP contribution in [0.4, 0.5) is 4.79 Å². The van der Waals surface area contributed by atoms with Crippen molar-refractivity contribution in [3.05, 3.63) is 12.7 Å². The van der Waals surface area contributed by atoms with E-state index in [4.69, 9.17) is 4.74 Å². The zero-order chi connectivity index (χ0) is 13.8. The molecule has 1 N–H and O–H groups in total. The van der Waals surface area contributed by atoms with E-state index in [9.17, 15) is 9.59 Å². The van der Waals surface area contributed by atoms with Crippen LogP contribution in [0.1, 0.15) is 33.6 Å². The quantitative estimate of drug-likeness (QED) is 0.763. The summed E-state index contributed by atoms with van der Waals surface area (Å²) in [5.74, 6) is -0.203. The number of carbonyl (C=O) groups excluding carboxylic acids is 2. The van der Waals surface area contributed by atoms with Crippen LogP contribution in [0, 0.1) is 0 Å². The number of nitrogens with one attached hydrogen (secondary N) is 1. The Morgan fingerprint density at radius 1 is 1.44 bits per heavy atom. The highest BCUT2D eigenvalue weighted by Crippen LogP contribution is 2.15. The first-order valence-corrected chi connectivity index (χ1v) is 6.22. The van der Waals surface area contributed by atoms with Crippen molar-refractivity contribution in [3.8, 4) is 0 Å². The Labute approximate surface area is 108 Å². The lowest BCUT2D eigenvalue weighted by atomic mass is 10.1. The second-order valence-corrected chi connectivity index (χ2v) is 5.48. The topological polar surface area (TPSA) is 58.6 Å². The predicted octanol–water partition coefficient (Wildman–Crippen LogP) is 1.69. The largest absolute Gasteiger partial charge is 0.444 e. The third-order valence-corrected chi connectivity index (χ3v) is 2.60. The fourth-order valence-electron chi connectivity index (χ4n) is 1.85. The highest BCUT2D eigenvalue weighted by atomic mass is 16.6. The molecule has 1 heterocycles. The van der Waals surface area contributed by atoms with Crippen molar-refractivity contribution in [2.24, 2.45) is 0 Å². The first-order chi connectivity index (χ1) is 8.31. The second-order valence-electron chi connectivity index (χ2n) is 5.48. The SMILES string of the molecule is C=CC(=O)N[C@@H]1CCCN(C(=O)OC(C)(C)C)C1. The van der Waals surface area contributed by atoms with Crippen LogP contribution in [0.3, 0.4) is 0 Å². The third kappa shape index (κ3) is 4.77. The van der Waals surface area contributed by atoms with E-state index in [1.165, 1.54) is 6.08 Å². The van der Waals surface area contributed by atoms with Gasteiger partial charge in [0.2, 0.25) is 5.91 Å². The van der Waals surface area contributed by atoms with E-state index >= 15 is 0 Å². The van der Waals surface area contributed by atoms with E-state index in [1.54, 1.807) is 4.90 Å². The normalized spacial score (nSPS) is 20.2. The minimum Gasteiger partial charge on any atom is -0.444 e. The zero-order valence-electron chi connectivity index (χ0n) is 11.4. The molecule has 1 saturated heterocycles. The van der Waals surface area contributed by atoms with Crippen LogP contribution in [0.2, 0.25) is 0 Å². The van der Waals surface area contributed by atoms with Gasteiger partial charge in [-0.3, -0.25) is 4.79 Å². The van der Waals surface area contributed by atoms with Gasteiger partial charge in [0, 0.05) is 19.1 Å². The Morgan fingerprint density at radius 3 is 2.67 bits per heavy atom. The van der Waals surface area contributed by atoms with Crippen molar-refractivity contribution in [2.45, 2.75) is 45.3 Å². The van der Waals surface area contributed by atoms with Gasteiger partial charge in [0.15, 0.2) is 0 Å². The molecule has 5 heteroatoms. The Kier molecular flexibility index (Phi) is 4.76. The number of piperidine rings is 1. The number of ether oxygens (including phenoxy) is 1. The first kappa shape index (κ1) is 14.5. The molecule has 0 radical (unpaired) electrons. The average Bonchev–Trinajstić information content (AvgIpc) is 2.27. The molecule has 0 unspecified atom stereocenters. The van der Waals surface area contributed by atoms with Gasteiger partial charge in [-0.2, -0.15) is 0 Å². The summed E-state index contributed by atoms with van der Waals surface area (Å²) in [4.78, 5) is 24.7. The van der Waals surface area contributed by atoms with E-state index in [0.29, 0.717) is 13.1 Å². The van der Waals surface area contributed by atoms with Crippen molar-refractivity contribution in [2.75, 3.05) is 13.1 Å². The second kappa shape index (κ2) is 5.89. The molecule has 102 valence electrons. The van der Waals surface area contributed by atoms with Crippen molar-refractivity contribution in [1.29, 1.82) is 0 Å². The monoisotopic (exact) mass is 254 g/mol. The molecule has 1 aliphatic rings. The standard InChI is InChI=1S/C13H22N2O3/c1-5-11(16)14-10-7-6-8-15(9-10)12(17)18-13(2,3)4/h5,10H,1,6-9H2,2-4H3,(H,14,16)/t10-/m1/s1. The minimum absolute atomic E-state index is 0.0169.